The lowest BCUT2D eigenvalue weighted by atomic mass is 9.86. The quantitative estimate of drug-likeness (QED) is 0.825. The van der Waals surface area contributed by atoms with Crippen LogP contribution in [0.25, 0.3) is 0 Å². The molecule has 0 radical (unpaired) electrons. The minimum atomic E-state index is 0.585. The van der Waals surface area contributed by atoms with Crippen molar-refractivity contribution >= 4 is 16.9 Å². The van der Waals surface area contributed by atoms with Crippen molar-refractivity contribution in [3.63, 3.8) is 0 Å². The first-order valence-electron chi connectivity index (χ1n) is 7.26. The number of fused-ring (bicyclic) bond motifs is 1. The molecule has 1 heterocycles. The maximum atomic E-state index is 4.92. The summed E-state index contributed by atoms with van der Waals surface area (Å²) >= 11 is 1.95. The van der Waals surface area contributed by atoms with E-state index in [0.717, 1.165) is 5.92 Å². The van der Waals surface area contributed by atoms with Gasteiger partial charge in [-0.1, -0.05) is 44.4 Å². The zero-order chi connectivity index (χ0) is 12.1. The monoisotopic (exact) mass is 254 g/mol. The molecule has 0 aromatic heterocycles. The molecule has 3 unspecified atom stereocenters. The summed E-state index contributed by atoms with van der Waals surface area (Å²) in [6, 6.07) is 1.22. The van der Waals surface area contributed by atoms with E-state index >= 15 is 0 Å². The molecule has 0 saturated heterocycles. The van der Waals surface area contributed by atoms with Gasteiger partial charge in [-0.05, 0) is 32.1 Å². The van der Waals surface area contributed by atoms with Gasteiger partial charge >= 0.3 is 0 Å². The van der Waals surface area contributed by atoms with Gasteiger partial charge in [0.05, 0.1) is 6.04 Å². The van der Waals surface area contributed by atoms with E-state index < -0.39 is 0 Å². The lowest BCUT2D eigenvalue weighted by Crippen LogP contribution is -2.38. The van der Waals surface area contributed by atoms with Gasteiger partial charge < -0.3 is 5.32 Å². The smallest absolute Gasteiger partial charge is 0.157 e. The highest BCUT2D eigenvalue weighted by atomic mass is 32.2. The Morgan fingerprint density at radius 3 is 3.06 bits per heavy atom. The van der Waals surface area contributed by atoms with Gasteiger partial charge in [0.2, 0.25) is 0 Å². The molecule has 1 saturated carbocycles. The van der Waals surface area contributed by atoms with Gasteiger partial charge in [0.25, 0.3) is 0 Å². The average Bonchev–Trinajstić information content (AvgIpc) is 2.36. The third-order valence-corrected chi connectivity index (χ3v) is 5.04. The average molecular weight is 254 g/mol. The third kappa shape index (κ3) is 3.90. The number of hydrogen-bond acceptors (Lipinski definition) is 3. The topological polar surface area (TPSA) is 24.4 Å². The molecule has 1 aliphatic heterocycles. The molecule has 3 atom stereocenters. The Morgan fingerprint density at radius 1 is 1.41 bits per heavy atom. The third-order valence-electron chi connectivity index (χ3n) is 3.95. The van der Waals surface area contributed by atoms with Crippen molar-refractivity contribution < 1.29 is 0 Å². The molecule has 2 rings (SSSR count). The first-order chi connectivity index (χ1) is 8.29. The summed E-state index contributed by atoms with van der Waals surface area (Å²) in [7, 11) is 0. The molecule has 0 aromatic carbocycles. The van der Waals surface area contributed by atoms with Crippen LogP contribution in [0.2, 0.25) is 0 Å². The standard InChI is InChI=1S/C14H26N2S/c1-3-4-7-11(2)15-14-16-13-9-6-5-8-12(13)10-17-14/h11-13H,3-10H2,1-2H3,(H,15,16). The number of nitrogens with zero attached hydrogens (tertiary/aromatic N) is 1. The minimum absolute atomic E-state index is 0.585. The summed E-state index contributed by atoms with van der Waals surface area (Å²) in [5, 5.41) is 4.82. The number of rotatable bonds is 4. The van der Waals surface area contributed by atoms with Crippen LogP contribution in [-0.4, -0.2) is 23.0 Å². The predicted octanol–water partition coefficient (Wildman–Crippen LogP) is 3.82. The number of nitrogens with one attached hydrogen (secondary N) is 1. The van der Waals surface area contributed by atoms with Gasteiger partial charge in [0, 0.05) is 11.8 Å². The van der Waals surface area contributed by atoms with Gasteiger partial charge in [-0.3, -0.25) is 4.99 Å². The Morgan fingerprint density at radius 2 is 2.24 bits per heavy atom. The van der Waals surface area contributed by atoms with Crippen molar-refractivity contribution in [1.82, 2.24) is 5.32 Å². The second-order valence-corrected chi connectivity index (χ2v) is 6.55. The highest BCUT2D eigenvalue weighted by molar-refractivity contribution is 8.13. The molecule has 2 aliphatic rings. The summed E-state index contributed by atoms with van der Waals surface area (Å²) < 4.78 is 0. The first-order valence-corrected chi connectivity index (χ1v) is 8.25. The van der Waals surface area contributed by atoms with E-state index in [9.17, 15) is 0 Å². The fourth-order valence-electron chi connectivity index (χ4n) is 2.80. The molecule has 2 nitrogen and oxygen atoms in total. The van der Waals surface area contributed by atoms with Crippen LogP contribution in [0, 0.1) is 5.92 Å². The lowest BCUT2D eigenvalue weighted by Gasteiger charge is -2.33. The van der Waals surface area contributed by atoms with E-state index in [1.54, 1.807) is 0 Å². The first kappa shape index (κ1) is 13.3. The molecule has 98 valence electrons. The van der Waals surface area contributed by atoms with E-state index in [0.29, 0.717) is 12.1 Å². The molecule has 1 aliphatic carbocycles. The van der Waals surface area contributed by atoms with Crippen LogP contribution in [0.1, 0.15) is 58.8 Å². The van der Waals surface area contributed by atoms with E-state index in [1.807, 2.05) is 11.8 Å². The summed E-state index contributed by atoms with van der Waals surface area (Å²) in [5.74, 6) is 2.15. The van der Waals surface area contributed by atoms with Gasteiger partial charge in [-0.15, -0.1) is 0 Å². The molecule has 17 heavy (non-hydrogen) atoms. The second-order valence-electron chi connectivity index (χ2n) is 5.54. The van der Waals surface area contributed by atoms with Gasteiger partial charge in [0.15, 0.2) is 5.17 Å². The summed E-state index contributed by atoms with van der Waals surface area (Å²) in [6.45, 7) is 4.54. The molecule has 0 aromatic rings. The highest BCUT2D eigenvalue weighted by Crippen LogP contribution is 2.33. The number of aliphatic imine (C=N–C) groups is 1. The Hall–Kier alpha value is -0.180. The maximum absolute atomic E-state index is 4.92. The van der Waals surface area contributed by atoms with Gasteiger partial charge in [0.1, 0.15) is 0 Å². The van der Waals surface area contributed by atoms with Gasteiger partial charge in [-0.25, -0.2) is 0 Å². The van der Waals surface area contributed by atoms with E-state index in [4.69, 9.17) is 4.99 Å². The molecular formula is C14H26N2S. The van der Waals surface area contributed by atoms with E-state index in [-0.39, 0.29) is 0 Å². The number of amidine groups is 1. The lowest BCUT2D eigenvalue weighted by molar-refractivity contribution is 0.335. The fraction of sp³-hybridized carbons (Fsp3) is 0.929. The van der Waals surface area contributed by atoms with Crippen LogP contribution in [0.15, 0.2) is 4.99 Å². The van der Waals surface area contributed by atoms with Gasteiger partial charge in [-0.2, -0.15) is 0 Å². The summed E-state index contributed by atoms with van der Waals surface area (Å²) in [6.07, 6.45) is 9.40. The van der Waals surface area contributed by atoms with Crippen molar-refractivity contribution in [3.05, 3.63) is 0 Å². The number of thioether (sulfide) groups is 1. The van der Waals surface area contributed by atoms with Crippen LogP contribution in [-0.2, 0) is 0 Å². The zero-order valence-corrected chi connectivity index (χ0v) is 12.1. The molecular weight excluding hydrogens is 228 g/mol. The van der Waals surface area contributed by atoms with Crippen molar-refractivity contribution in [2.75, 3.05) is 5.75 Å². The zero-order valence-electron chi connectivity index (χ0n) is 11.2. The second kappa shape index (κ2) is 6.67. The van der Waals surface area contributed by atoms with Crippen LogP contribution in [0.4, 0.5) is 0 Å². The molecule has 0 amide bonds. The van der Waals surface area contributed by atoms with Crippen LogP contribution in [0.3, 0.4) is 0 Å². The van der Waals surface area contributed by atoms with Crippen molar-refractivity contribution in [2.24, 2.45) is 10.9 Å². The summed E-state index contributed by atoms with van der Waals surface area (Å²) in [5.41, 5.74) is 0. The minimum Gasteiger partial charge on any atom is -0.362 e. The molecule has 0 bridgehead atoms. The van der Waals surface area contributed by atoms with Crippen molar-refractivity contribution in [1.29, 1.82) is 0 Å². The Balaban J connectivity index is 1.82. The SMILES string of the molecule is CCCCC(C)NC1=NC2CCCCC2CS1. The number of unbranched alkanes of at least 4 members (excludes halogenated alkanes) is 1. The largest absolute Gasteiger partial charge is 0.362 e. The van der Waals surface area contributed by atoms with Crippen molar-refractivity contribution in [2.45, 2.75) is 70.9 Å². The fourth-order valence-corrected chi connectivity index (χ4v) is 4.05. The molecule has 1 N–H and O–H groups in total. The normalized spacial score (nSPS) is 30.4. The predicted molar refractivity (Wildman–Crippen MR) is 77.8 cm³/mol. The van der Waals surface area contributed by atoms with Crippen LogP contribution < -0.4 is 5.32 Å². The number of hydrogen-bond donors (Lipinski definition) is 1. The molecule has 1 fully saturated rings. The Labute approximate surface area is 110 Å². The van der Waals surface area contributed by atoms with E-state index in [2.05, 4.69) is 19.2 Å². The van der Waals surface area contributed by atoms with Crippen molar-refractivity contribution in [3.8, 4) is 0 Å². The van der Waals surface area contributed by atoms with E-state index in [1.165, 1.54) is 55.9 Å². The molecule has 0 spiro atoms. The highest BCUT2D eigenvalue weighted by Gasteiger charge is 2.29. The van der Waals surface area contributed by atoms with Crippen LogP contribution in [0.5, 0.6) is 0 Å². The maximum Gasteiger partial charge on any atom is 0.157 e. The van der Waals surface area contributed by atoms with Crippen LogP contribution >= 0.6 is 11.8 Å². The Kier molecular flexibility index (Phi) is 5.20. The Bertz CT molecular complexity index is 265. The summed E-state index contributed by atoms with van der Waals surface area (Å²) in [4.78, 5) is 4.92. The molecule has 3 heteroatoms.